The van der Waals surface area contributed by atoms with Gasteiger partial charge in [-0.25, -0.2) is 0 Å². The summed E-state index contributed by atoms with van der Waals surface area (Å²) < 4.78 is 0. The Labute approximate surface area is 94.9 Å². The van der Waals surface area contributed by atoms with E-state index in [2.05, 4.69) is 24.4 Å². The smallest absolute Gasteiger partial charge is 0.150 e. The number of carbonyl (C=O) groups is 1. The lowest BCUT2D eigenvalue weighted by Crippen LogP contribution is -1.90. The molecule has 0 unspecified atom stereocenters. The molecule has 2 aromatic rings. The van der Waals surface area contributed by atoms with Crippen LogP contribution >= 0.6 is 0 Å². The summed E-state index contributed by atoms with van der Waals surface area (Å²) >= 11 is 0. The van der Waals surface area contributed by atoms with E-state index >= 15 is 0 Å². The van der Waals surface area contributed by atoms with Crippen LogP contribution in [-0.4, -0.2) is 6.29 Å². The molecule has 0 heterocycles. The summed E-state index contributed by atoms with van der Waals surface area (Å²) in [5.74, 6) is 0. The molecule has 0 aliphatic rings. The van der Waals surface area contributed by atoms with Crippen LogP contribution in [0.4, 0.5) is 11.4 Å². The van der Waals surface area contributed by atoms with Gasteiger partial charge in [0.25, 0.3) is 0 Å². The lowest BCUT2D eigenvalue weighted by Gasteiger charge is -2.06. The fourth-order valence-corrected chi connectivity index (χ4v) is 1.53. The van der Waals surface area contributed by atoms with Crippen LogP contribution in [0, 0.1) is 6.92 Å². The minimum atomic E-state index is 0.690. The Morgan fingerprint density at radius 2 is 1.75 bits per heavy atom. The van der Waals surface area contributed by atoms with Crippen LogP contribution in [0.25, 0.3) is 0 Å². The number of rotatable bonds is 3. The highest BCUT2D eigenvalue weighted by Gasteiger charge is 1.95. The number of anilines is 2. The highest BCUT2D eigenvalue weighted by atomic mass is 16.1. The lowest BCUT2D eigenvalue weighted by molar-refractivity contribution is 0.112. The van der Waals surface area contributed by atoms with Gasteiger partial charge in [-0.1, -0.05) is 12.1 Å². The van der Waals surface area contributed by atoms with Crippen molar-refractivity contribution in [2.75, 3.05) is 5.32 Å². The van der Waals surface area contributed by atoms with Gasteiger partial charge in [0.15, 0.2) is 0 Å². The van der Waals surface area contributed by atoms with E-state index in [-0.39, 0.29) is 0 Å². The molecule has 0 saturated heterocycles. The van der Waals surface area contributed by atoms with Crippen molar-refractivity contribution in [1.29, 1.82) is 0 Å². The van der Waals surface area contributed by atoms with E-state index in [0.29, 0.717) is 5.56 Å². The first kappa shape index (κ1) is 10.4. The van der Waals surface area contributed by atoms with Gasteiger partial charge in [-0.05, 0) is 48.9 Å². The van der Waals surface area contributed by atoms with Crippen molar-refractivity contribution < 1.29 is 4.79 Å². The third kappa shape index (κ3) is 2.48. The molecule has 0 fully saturated rings. The molecule has 0 atom stereocenters. The van der Waals surface area contributed by atoms with Gasteiger partial charge in [-0.2, -0.15) is 0 Å². The summed E-state index contributed by atoms with van der Waals surface area (Å²) in [5.41, 5.74) is 3.94. The van der Waals surface area contributed by atoms with E-state index in [1.54, 1.807) is 12.1 Å². The topological polar surface area (TPSA) is 29.1 Å². The Morgan fingerprint density at radius 3 is 2.38 bits per heavy atom. The lowest BCUT2D eigenvalue weighted by atomic mass is 10.2. The molecular formula is C14H13NO. The Bertz CT molecular complexity index is 488. The van der Waals surface area contributed by atoms with Crippen LogP contribution in [0.15, 0.2) is 48.5 Å². The molecule has 0 saturated carbocycles. The fraction of sp³-hybridized carbons (Fsp3) is 0.0714. The first-order valence-electron chi connectivity index (χ1n) is 5.17. The highest BCUT2D eigenvalue weighted by Crippen LogP contribution is 2.17. The van der Waals surface area contributed by atoms with Crippen LogP contribution in [0.2, 0.25) is 0 Å². The molecule has 2 rings (SSSR count). The molecule has 0 aliphatic carbocycles. The van der Waals surface area contributed by atoms with E-state index in [4.69, 9.17) is 0 Å². The molecule has 0 radical (unpaired) electrons. The summed E-state index contributed by atoms with van der Waals surface area (Å²) in [6.45, 7) is 2.06. The van der Waals surface area contributed by atoms with Crippen molar-refractivity contribution in [2.24, 2.45) is 0 Å². The number of aryl methyl sites for hydroxylation is 1. The maximum Gasteiger partial charge on any atom is 0.150 e. The summed E-state index contributed by atoms with van der Waals surface area (Å²) in [4.78, 5) is 10.5. The summed E-state index contributed by atoms with van der Waals surface area (Å²) in [5, 5.41) is 3.28. The van der Waals surface area contributed by atoms with Crippen LogP contribution in [0.1, 0.15) is 15.9 Å². The largest absolute Gasteiger partial charge is 0.356 e. The second kappa shape index (κ2) is 4.62. The molecule has 2 nitrogen and oxygen atoms in total. The molecule has 0 aromatic heterocycles. The minimum absolute atomic E-state index is 0.690. The van der Waals surface area contributed by atoms with Gasteiger partial charge in [-0.15, -0.1) is 0 Å². The molecule has 1 N–H and O–H groups in total. The van der Waals surface area contributed by atoms with E-state index in [1.807, 2.05) is 24.3 Å². The van der Waals surface area contributed by atoms with Gasteiger partial charge in [0.05, 0.1) is 0 Å². The standard InChI is InChI=1S/C14H13NO/c1-11-3-2-4-14(9-11)15-13-7-5-12(10-16)6-8-13/h2-10,15H,1H3. The SMILES string of the molecule is Cc1cccc(Nc2ccc(C=O)cc2)c1. The Hall–Kier alpha value is -2.09. The Morgan fingerprint density at radius 1 is 1.00 bits per heavy atom. The van der Waals surface area contributed by atoms with Crippen LogP contribution in [-0.2, 0) is 0 Å². The van der Waals surface area contributed by atoms with Gasteiger partial charge >= 0.3 is 0 Å². The Kier molecular flexibility index (Phi) is 3.01. The average Bonchev–Trinajstić information content (AvgIpc) is 2.30. The highest BCUT2D eigenvalue weighted by molar-refractivity contribution is 5.76. The minimum Gasteiger partial charge on any atom is -0.356 e. The summed E-state index contributed by atoms with van der Waals surface area (Å²) in [6, 6.07) is 15.5. The summed E-state index contributed by atoms with van der Waals surface area (Å²) in [7, 11) is 0. The molecule has 0 amide bonds. The number of hydrogen-bond donors (Lipinski definition) is 1. The molecule has 0 aliphatic heterocycles. The van der Waals surface area contributed by atoms with Crippen LogP contribution < -0.4 is 5.32 Å². The third-order valence-corrected chi connectivity index (χ3v) is 2.35. The number of nitrogens with one attached hydrogen (secondary N) is 1. The van der Waals surface area contributed by atoms with Crippen molar-refractivity contribution in [2.45, 2.75) is 6.92 Å². The fourth-order valence-electron chi connectivity index (χ4n) is 1.53. The quantitative estimate of drug-likeness (QED) is 0.786. The first-order valence-corrected chi connectivity index (χ1v) is 5.17. The van der Waals surface area contributed by atoms with Gasteiger partial charge in [-0.3, -0.25) is 4.79 Å². The normalized spacial score (nSPS) is 9.81. The van der Waals surface area contributed by atoms with Crippen molar-refractivity contribution in [3.8, 4) is 0 Å². The van der Waals surface area contributed by atoms with Crippen molar-refractivity contribution in [1.82, 2.24) is 0 Å². The van der Waals surface area contributed by atoms with Crippen molar-refractivity contribution >= 4 is 17.7 Å². The second-order valence-corrected chi connectivity index (χ2v) is 3.73. The monoisotopic (exact) mass is 211 g/mol. The van der Waals surface area contributed by atoms with Crippen molar-refractivity contribution in [3.05, 3.63) is 59.7 Å². The zero-order valence-corrected chi connectivity index (χ0v) is 9.10. The van der Waals surface area contributed by atoms with Gasteiger partial charge < -0.3 is 5.32 Å². The van der Waals surface area contributed by atoms with Crippen LogP contribution in [0.5, 0.6) is 0 Å². The average molecular weight is 211 g/mol. The second-order valence-electron chi connectivity index (χ2n) is 3.73. The van der Waals surface area contributed by atoms with Gasteiger partial charge in [0.1, 0.15) is 6.29 Å². The van der Waals surface area contributed by atoms with E-state index in [1.165, 1.54) is 5.56 Å². The number of hydrogen-bond acceptors (Lipinski definition) is 2. The maximum atomic E-state index is 10.5. The molecule has 2 aromatic carbocycles. The number of aldehydes is 1. The van der Waals surface area contributed by atoms with Gasteiger partial charge in [0.2, 0.25) is 0 Å². The molecule has 0 bridgehead atoms. The van der Waals surface area contributed by atoms with E-state index in [0.717, 1.165) is 17.7 Å². The molecular weight excluding hydrogens is 198 g/mol. The number of benzene rings is 2. The molecule has 2 heteroatoms. The Balaban J connectivity index is 2.17. The zero-order valence-electron chi connectivity index (χ0n) is 9.10. The third-order valence-electron chi connectivity index (χ3n) is 2.35. The molecule has 80 valence electrons. The predicted octanol–water partition coefficient (Wildman–Crippen LogP) is 3.55. The zero-order chi connectivity index (χ0) is 11.4. The molecule has 0 spiro atoms. The first-order chi connectivity index (χ1) is 7.78. The van der Waals surface area contributed by atoms with E-state index in [9.17, 15) is 4.79 Å². The summed E-state index contributed by atoms with van der Waals surface area (Å²) in [6.07, 6.45) is 0.844. The van der Waals surface area contributed by atoms with Gasteiger partial charge in [0, 0.05) is 16.9 Å². The van der Waals surface area contributed by atoms with E-state index < -0.39 is 0 Å². The molecule has 16 heavy (non-hydrogen) atoms. The maximum absolute atomic E-state index is 10.5. The van der Waals surface area contributed by atoms with Crippen LogP contribution in [0.3, 0.4) is 0 Å². The number of carbonyl (C=O) groups excluding carboxylic acids is 1. The van der Waals surface area contributed by atoms with Crippen molar-refractivity contribution in [3.63, 3.8) is 0 Å². The predicted molar refractivity (Wildman–Crippen MR) is 66.3 cm³/mol.